The van der Waals surface area contributed by atoms with Crippen LogP contribution in [0, 0.1) is 10.1 Å². The molecule has 0 bridgehead atoms. The molecule has 6 heteroatoms. The minimum atomic E-state index is -0.503. The Morgan fingerprint density at radius 3 is 2.29 bits per heavy atom. The van der Waals surface area contributed by atoms with E-state index in [1.165, 1.54) is 24.3 Å². The topological polar surface area (TPSA) is 84.3 Å². The van der Waals surface area contributed by atoms with Gasteiger partial charge in [-0.1, -0.05) is 30.3 Å². The average Bonchev–Trinajstić information content (AvgIpc) is 2.53. The van der Waals surface area contributed by atoms with Crippen molar-refractivity contribution in [1.29, 1.82) is 0 Å². The number of nitrogens with one attached hydrogen (secondary N) is 2. The summed E-state index contributed by atoms with van der Waals surface area (Å²) in [6.07, 6.45) is 0. The molecule has 2 rings (SSSR count). The molecule has 1 unspecified atom stereocenters. The van der Waals surface area contributed by atoms with Crippen LogP contribution < -0.4 is 10.9 Å². The highest BCUT2D eigenvalue weighted by atomic mass is 16.6. The lowest BCUT2D eigenvalue weighted by atomic mass is 10.1. The number of nitro benzene ring substituents is 1. The van der Waals surface area contributed by atoms with Crippen molar-refractivity contribution in [2.24, 2.45) is 0 Å². The molecule has 2 aromatic carbocycles. The quantitative estimate of drug-likeness (QED) is 0.653. The summed E-state index contributed by atoms with van der Waals surface area (Å²) in [6, 6.07) is 15.1. The number of benzene rings is 2. The van der Waals surface area contributed by atoms with Crippen molar-refractivity contribution in [2.45, 2.75) is 13.0 Å². The van der Waals surface area contributed by atoms with Crippen LogP contribution in [0.4, 0.5) is 5.69 Å². The number of rotatable bonds is 5. The molecule has 21 heavy (non-hydrogen) atoms. The van der Waals surface area contributed by atoms with Gasteiger partial charge >= 0.3 is 0 Å². The van der Waals surface area contributed by atoms with Gasteiger partial charge in [0.2, 0.25) is 0 Å². The molecule has 0 aliphatic heterocycles. The molecule has 0 aromatic heterocycles. The summed E-state index contributed by atoms with van der Waals surface area (Å²) >= 11 is 0. The van der Waals surface area contributed by atoms with E-state index in [-0.39, 0.29) is 17.6 Å². The van der Waals surface area contributed by atoms with Crippen LogP contribution in [0.5, 0.6) is 0 Å². The average molecular weight is 285 g/mol. The Balaban J connectivity index is 1.94. The maximum absolute atomic E-state index is 11.9. The molecular formula is C15H15N3O3. The van der Waals surface area contributed by atoms with E-state index < -0.39 is 4.92 Å². The monoisotopic (exact) mass is 285 g/mol. The van der Waals surface area contributed by atoms with Gasteiger partial charge in [-0.15, -0.1) is 0 Å². The first-order valence-electron chi connectivity index (χ1n) is 6.43. The number of nitro groups is 1. The number of non-ortho nitro benzene ring substituents is 1. The van der Waals surface area contributed by atoms with Gasteiger partial charge in [-0.25, -0.2) is 5.43 Å². The van der Waals surface area contributed by atoms with Gasteiger partial charge in [0.15, 0.2) is 0 Å². The van der Waals surface area contributed by atoms with E-state index in [9.17, 15) is 14.9 Å². The summed E-state index contributed by atoms with van der Waals surface area (Å²) in [4.78, 5) is 22.0. The summed E-state index contributed by atoms with van der Waals surface area (Å²) in [5, 5.41) is 10.5. The van der Waals surface area contributed by atoms with Crippen molar-refractivity contribution in [1.82, 2.24) is 10.9 Å². The highest BCUT2D eigenvalue weighted by molar-refractivity contribution is 5.94. The Labute approximate surface area is 121 Å². The Bertz CT molecular complexity index is 626. The second-order valence-corrected chi connectivity index (χ2v) is 4.53. The summed E-state index contributed by atoms with van der Waals surface area (Å²) in [5.41, 5.74) is 6.84. The van der Waals surface area contributed by atoms with Gasteiger partial charge in [-0.2, -0.15) is 0 Å². The first kappa shape index (κ1) is 14.7. The van der Waals surface area contributed by atoms with Crippen LogP contribution in [0.15, 0.2) is 54.6 Å². The van der Waals surface area contributed by atoms with E-state index in [1.54, 1.807) is 0 Å². The van der Waals surface area contributed by atoms with E-state index in [0.29, 0.717) is 5.56 Å². The van der Waals surface area contributed by atoms with E-state index in [2.05, 4.69) is 10.9 Å². The number of carbonyl (C=O) groups excluding carboxylic acids is 1. The number of amides is 1. The maximum Gasteiger partial charge on any atom is 0.269 e. The smallest absolute Gasteiger partial charge is 0.269 e. The second kappa shape index (κ2) is 6.62. The molecule has 0 saturated carbocycles. The minimum Gasteiger partial charge on any atom is -0.287 e. The van der Waals surface area contributed by atoms with Gasteiger partial charge in [0, 0.05) is 23.7 Å². The molecular weight excluding hydrogens is 270 g/mol. The fourth-order valence-corrected chi connectivity index (χ4v) is 1.81. The van der Waals surface area contributed by atoms with Crippen LogP contribution in [0.2, 0.25) is 0 Å². The predicted molar refractivity (Wildman–Crippen MR) is 78.6 cm³/mol. The Kier molecular flexibility index (Phi) is 4.63. The zero-order chi connectivity index (χ0) is 15.2. The Hall–Kier alpha value is -2.73. The standard InChI is InChI=1S/C15H15N3O3/c1-11(12-5-3-2-4-6-12)16-17-15(19)13-7-9-14(10-8-13)18(20)21/h2-11,16H,1H3,(H,17,19). The highest BCUT2D eigenvalue weighted by Crippen LogP contribution is 2.12. The molecule has 108 valence electrons. The summed E-state index contributed by atoms with van der Waals surface area (Å²) in [7, 11) is 0. The van der Waals surface area contributed by atoms with Crippen molar-refractivity contribution < 1.29 is 9.72 Å². The lowest BCUT2D eigenvalue weighted by molar-refractivity contribution is -0.384. The van der Waals surface area contributed by atoms with Crippen molar-refractivity contribution >= 4 is 11.6 Å². The van der Waals surface area contributed by atoms with Crippen LogP contribution in [0.25, 0.3) is 0 Å². The molecule has 0 radical (unpaired) electrons. The van der Waals surface area contributed by atoms with Crippen LogP contribution in [0.1, 0.15) is 28.9 Å². The molecule has 6 nitrogen and oxygen atoms in total. The molecule has 0 fully saturated rings. The molecule has 0 aliphatic carbocycles. The molecule has 0 spiro atoms. The van der Waals surface area contributed by atoms with Crippen LogP contribution >= 0.6 is 0 Å². The zero-order valence-corrected chi connectivity index (χ0v) is 11.4. The van der Waals surface area contributed by atoms with Gasteiger partial charge in [0.05, 0.1) is 4.92 Å². The molecule has 0 aliphatic rings. The Morgan fingerprint density at radius 2 is 1.71 bits per heavy atom. The lowest BCUT2D eigenvalue weighted by Crippen LogP contribution is -2.39. The fraction of sp³-hybridized carbons (Fsp3) is 0.133. The SMILES string of the molecule is CC(NNC(=O)c1ccc([N+](=O)[O-])cc1)c1ccccc1. The third kappa shape index (κ3) is 3.87. The molecule has 1 atom stereocenters. The molecule has 0 saturated heterocycles. The number of hydrogen-bond acceptors (Lipinski definition) is 4. The fourth-order valence-electron chi connectivity index (χ4n) is 1.81. The van der Waals surface area contributed by atoms with Crippen LogP contribution in [0.3, 0.4) is 0 Å². The lowest BCUT2D eigenvalue weighted by Gasteiger charge is -2.15. The third-order valence-electron chi connectivity index (χ3n) is 3.04. The first-order chi connectivity index (χ1) is 10.1. The van der Waals surface area contributed by atoms with Crippen molar-refractivity contribution in [3.63, 3.8) is 0 Å². The van der Waals surface area contributed by atoms with Crippen molar-refractivity contribution in [2.75, 3.05) is 0 Å². The summed E-state index contributed by atoms with van der Waals surface area (Å²) in [6.45, 7) is 1.92. The van der Waals surface area contributed by atoms with E-state index in [0.717, 1.165) is 5.56 Å². The third-order valence-corrected chi connectivity index (χ3v) is 3.04. The number of hydrogen-bond donors (Lipinski definition) is 2. The van der Waals surface area contributed by atoms with E-state index in [4.69, 9.17) is 0 Å². The number of hydrazine groups is 1. The number of carbonyl (C=O) groups is 1. The van der Waals surface area contributed by atoms with Crippen molar-refractivity contribution in [3.8, 4) is 0 Å². The van der Waals surface area contributed by atoms with E-state index in [1.807, 2.05) is 37.3 Å². The zero-order valence-electron chi connectivity index (χ0n) is 11.4. The van der Waals surface area contributed by atoms with Gasteiger partial charge in [-0.3, -0.25) is 20.3 Å². The Morgan fingerprint density at radius 1 is 1.10 bits per heavy atom. The van der Waals surface area contributed by atoms with Gasteiger partial charge in [0.1, 0.15) is 0 Å². The summed E-state index contributed by atoms with van der Waals surface area (Å²) in [5.74, 6) is -0.340. The summed E-state index contributed by atoms with van der Waals surface area (Å²) < 4.78 is 0. The largest absolute Gasteiger partial charge is 0.287 e. The molecule has 1 amide bonds. The van der Waals surface area contributed by atoms with Crippen LogP contribution in [-0.4, -0.2) is 10.8 Å². The molecule has 2 aromatic rings. The van der Waals surface area contributed by atoms with Gasteiger partial charge in [-0.05, 0) is 24.6 Å². The van der Waals surface area contributed by atoms with Crippen molar-refractivity contribution in [3.05, 3.63) is 75.8 Å². The number of nitrogens with zero attached hydrogens (tertiary/aromatic N) is 1. The minimum absolute atomic E-state index is 0.0443. The first-order valence-corrected chi connectivity index (χ1v) is 6.43. The van der Waals surface area contributed by atoms with Gasteiger partial charge in [0.25, 0.3) is 11.6 Å². The molecule has 0 heterocycles. The predicted octanol–water partition coefficient (Wildman–Crippen LogP) is 2.59. The second-order valence-electron chi connectivity index (χ2n) is 4.53. The van der Waals surface area contributed by atoms with Gasteiger partial charge < -0.3 is 0 Å². The van der Waals surface area contributed by atoms with Crippen LogP contribution in [-0.2, 0) is 0 Å². The highest BCUT2D eigenvalue weighted by Gasteiger charge is 2.10. The molecule has 2 N–H and O–H groups in total. The van der Waals surface area contributed by atoms with E-state index >= 15 is 0 Å². The maximum atomic E-state index is 11.9. The normalized spacial score (nSPS) is 11.7.